The fourth-order valence-electron chi connectivity index (χ4n) is 4.53. The monoisotopic (exact) mass is 469 g/mol. The maximum atomic E-state index is 12.8. The van der Waals surface area contributed by atoms with Crippen molar-refractivity contribution in [3.8, 4) is 0 Å². The molecule has 0 unspecified atom stereocenters. The van der Waals surface area contributed by atoms with Crippen LogP contribution in [0.2, 0.25) is 5.04 Å². The highest BCUT2D eigenvalue weighted by molar-refractivity contribution is 6.99. The lowest BCUT2D eigenvalue weighted by Gasteiger charge is -2.44. The third-order valence-corrected chi connectivity index (χ3v) is 11.1. The molecule has 0 saturated heterocycles. The second-order valence-corrected chi connectivity index (χ2v) is 13.6. The highest BCUT2D eigenvalue weighted by Gasteiger charge is 2.57. The fourth-order valence-corrected chi connectivity index (χ4v) is 9.19. The zero-order valence-electron chi connectivity index (χ0n) is 20.2. The molecule has 0 spiro atoms. The number of hydrogen-bond donors (Lipinski definition) is 0. The van der Waals surface area contributed by atoms with Gasteiger partial charge in [0.15, 0.2) is 6.10 Å². The molecule has 2 aromatic carbocycles. The van der Waals surface area contributed by atoms with Crippen LogP contribution in [0, 0.1) is 5.21 Å². The molecule has 0 saturated carbocycles. The summed E-state index contributed by atoms with van der Waals surface area (Å²) >= 11 is 0. The molecule has 0 N–H and O–H groups in total. The first-order valence-corrected chi connectivity index (χ1v) is 13.6. The van der Waals surface area contributed by atoms with E-state index in [-0.39, 0.29) is 17.4 Å². The van der Waals surface area contributed by atoms with E-state index in [0.29, 0.717) is 11.3 Å². The third-order valence-electron chi connectivity index (χ3n) is 6.08. The topological polar surface area (TPSA) is 70.8 Å². The standard InChI is InChI=1S/C26H35NO5Si/c1-6-8-19-22-24(23(27(29)31-22)25(28)30-7-2)32-33(26(3,4)5,20-15-11-9-12-16-20)21-17-13-10-14-18-21/h9-18,22,24H,6-8,19H2,1-5H3/t22-,24-/m0/s1. The van der Waals surface area contributed by atoms with Crippen LogP contribution >= 0.6 is 0 Å². The second kappa shape index (κ2) is 10.5. The van der Waals surface area contributed by atoms with Crippen LogP contribution in [0.1, 0.15) is 53.9 Å². The zero-order valence-corrected chi connectivity index (χ0v) is 21.2. The Balaban J connectivity index is 2.20. The lowest BCUT2D eigenvalue weighted by atomic mass is 10.0. The average Bonchev–Trinajstić information content (AvgIpc) is 3.11. The van der Waals surface area contributed by atoms with Crippen molar-refractivity contribution in [2.75, 3.05) is 6.61 Å². The minimum Gasteiger partial charge on any atom is -0.458 e. The van der Waals surface area contributed by atoms with Crippen LogP contribution in [-0.2, 0) is 18.8 Å². The first kappa shape index (κ1) is 25.0. The number of unbranched alkanes of at least 4 members (excludes halogenated alkanes) is 1. The Hall–Kier alpha value is -2.64. The Labute approximate surface area is 197 Å². The van der Waals surface area contributed by atoms with Gasteiger partial charge in [0.05, 0.1) is 11.5 Å². The molecular formula is C26H35NO5Si. The Kier molecular flexibility index (Phi) is 7.97. The van der Waals surface area contributed by atoms with Gasteiger partial charge in [0.25, 0.3) is 8.32 Å². The summed E-state index contributed by atoms with van der Waals surface area (Å²) < 4.78 is 12.4. The van der Waals surface area contributed by atoms with Crippen LogP contribution < -0.4 is 10.4 Å². The van der Waals surface area contributed by atoms with Crippen molar-refractivity contribution >= 4 is 30.4 Å². The summed E-state index contributed by atoms with van der Waals surface area (Å²) in [5.74, 6) is -0.686. The molecule has 33 heavy (non-hydrogen) atoms. The Morgan fingerprint density at radius 3 is 2.03 bits per heavy atom. The largest absolute Gasteiger partial charge is 0.458 e. The van der Waals surface area contributed by atoms with E-state index in [0.717, 1.165) is 23.2 Å². The van der Waals surface area contributed by atoms with Crippen LogP contribution in [0.4, 0.5) is 0 Å². The molecule has 1 aliphatic rings. The number of esters is 1. The summed E-state index contributed by atoms with van der Waals surface area (Å²) in [6, 6.07) is 20.3. The molecule has 0 aliphatic carbocycles. The van der Waals surface area contributed by atoms with E-state index in [2.05, 4.69) is 52.0 Å². The molecule has 0 aromatic heterocycles. The van der Waals surface area contributed by atoms with Gasteiger partial charge in [-0.05, 0) is 28.8 Å². The first-order valence-electron chi connectivity index (χ1n) is 11.7. The molecule has 0 bridgehead atoms. The summed E-state index contributed by atoms with van der Waals surface area (Å²) in [5, 5.41) is 14.6. The van der Waals surface area contributed by atoms with Gasteiger partial charge < -0.3 is 14.0 Å². The summed E-state index contributed by atoms with van der Waals surface area (Å²) in [5.41, 5.74) is -0.106. The van der Waals surface area contributed by atoms with Crippen molar-refractivity contribution < 1.29 is 23.7 Å². The summed E-state index contributed by atoms with van der Waals surface area (Å²) in [4.78, 5) is 18.8. The van der Waals surface area contributed by atoms with Gasteiger partial charge in [-0.3, -0.25) is 5.21 Å². The maximum absolute atomic E-state index is 12.8. The minimum absolute atomic E-state index is 0.106. The van der Waals surface area contributed by atoms with Gasteiger partial charge in [0.2, 0.25) is 0 Å². The van der Waals surface area contributed by atoms with Gasteiger partial charge in [0.1, 0.15) is 6.10 Å². The molecule has 2 atom stereocenters. The molecule has 178 valence electrons. The van der Waals surface area contributed by atoms with E-state index in [9.17, 15) is 10.0 Å². The van der Waals surface area contributed by atoms with Crippen LogP contribution in [0.3, 0.4) is 0 Å². The van der Waals surface area contributed by atoms with E-state index in [4.69, 9.17) is 14.0 Å². The highest BCUT2D eigenvalue weighted by Crippen LogP contribution is 2.39. The Bertz CT molecular complexity index is 916. The number of nitrogens with zero attached hydrogens (tertiary/aromatic N) is 1. The Morgan fingerprint density at radius 2 is 1.58 bits per heavy atom. The van der Waals surface area contributed by atoms with E-state index in [1.165, 1.54) is 0 Å². The molecule has 2 aromatic rings. The smallest absolute Gasteiger partial charge is 0.408 e. The number of ether oxygens (including phenoxy) is 1. The second-order valence-electron chi connectivity index (χ2n) is 9.35. The van der Waals surface area contributed by atoms with Crippen molar-refractivity contribution in [2.45, 2.75) is 71.1 Å². The number of carbonyl (C=O) groups is 1. The van der Waals surface area contributed by atoms with Gasteiger partial charge in [-0.1, -0.05) is 101 Å². The predicted octanol–water partition coefficient (Wildman–Crippen LogP) is 3.95. The molecule has 0 fully saturated rings. The number of rotatable bonds is 9. The molecule has 0 radical (unpaired) electrons. The third kappa shape index (κ3) is 4.99. The van der Waals surface area contributed by atoms with Gasteiger partial charge in [0, 0.05) is 0 Å². The van der Waals surface area contributed by atoms with E-state index in [1.807, 2.05) is 36.4 Å². The molecule has 1 aliphatic heterocycles. The normalized spacial score (nSPS) is 18.8. The zero-order chi connectivity index (χ0) is 24.1. The lowest BCUT2D eigenvalue weighted by molar-refractivity contribution is -0.740. The first-order chi connectivity index (χ1) is 15.8. The number of carbonyl (C=O) groups excluding carboxylic acids is 1. The molecule has 6 nitrogen and oxygen atoms in total. The molecular weight excluding hydrogens is 434 g/mol. The van der Waals surface area contributed by atoms with Gasteiger partial charge in [-0.25, -0.2) is 4.79 Å². The highest BCUT2D eigenvalue weighted by atomic mass is 28.4. The van der Waals surface area contributed by atoms with E-state index < -0.39 is 26.5 Å². The van der Waals surface area contributed by atoms with Crippen LogP contribution in [-0.4, -0.2) is 43.7 Å². The molecule has 3 rings (SSSR count). The van der Waals surface area contributed by atoms with Gasteiger partial charge in [-0.15, -0.1) is 0 Å². The van der Waals surface area contributed by atoms with Crippen molar-refractivity contribution in [3.63, 3.8) is 0 Å². The predicted molar refractivity (Wildman–Crippen MR) is 132 cm³/mol. The fraction of sp³-hybridized carbons (Fsp3) is 0.462. The van der Waals surface area contributed by atoms with Crippen LogP contribution in [0.5, 0.6) is 0 Å². The summed E-state index contributed by atoms with van der Waals surface area (Å²) in [6.07, 6.45) is 1.04. The van der Waals surface area contributed by atoms with Gasteiger partial charge >= 0.3 is 11.7 Å². The Morgan fingerprint density at radius 1 is 1.03 bits per heavy atom. The summed E-state index contributed by atoms with van der Waals surface area (Å²) in [7, 11) is -3.01. The molecule has 1 heterocycles. The SMILES string of the molecule is CCCC[C@@H]1O[N+]([O-])=C(C(=O)OCC)[C@H]1O[Si](c1ccccc1)(c1ccccc1)C(C)(C)C. The average molecular weight is 470 g/mol. The van der Waals surface area contributed by atoms with Crippen molar-refractivity contribution in [1.82, 2.24) is 0 Å². The van der Waals surface area contributed by atoms with Crippen molar-refractivity contribution in [3.05, 3.63) is 65.9 Å². The van der Waals surface area contributed by atoms with Crippen molar-refractivity contribution in [2.24, 2.45) is 0 Å². The number of hydrogen-bond acceptors (Lipinski definition) is 5. The van der Waals surface area contributed by atoms with E-state index in [1.54, 1.807) is 6.92 Å². The molecule has 0 amide bonds. The van der Waals surface area contributed by atoms with Crippen molar-refractivity contribution in [1.29, 1.82) is 0 Å². The lowest BCUT2D eigenvalue weighted by Crippen LogP contribution is -2.69. The minimum atomic E-state index is -3.01. The maximum Gasteiger partial charge on any atom is 0.408 e. The van der Waals surface area contributed by atoms with Gasteiger partial charge in [-0.2, -0.15) is 0 Å². The quantitative estimate of drug-likeness (QED) is 0.316. The summed E-state index contributed by atoms with van der Waals surface area (Å²) in [6.45, 7) is 10.5. The number of benzene rings is 2. The van der Waals surface area contributed by atoms with Crippen LogP contribution in [0.15, 0.2) is 60.7 Å². The van der Waals surface area contributed by atoms with Crippen LogP contribution in [0.25, 0.3) is 0 Å². The molecule has 7 heteroatoms. The van der Waals surface area contributed by atoms with E-state index >= 15 is 0 Å².